The lowest BCUT2D eigenvalue weighted by Gasteiger charge is -2.07. The Morgan fingerprint density at radius 1 is 1.53 bits per heavy atom. The molecule has 0 fully saturated rings. The van der Waals surface area contributed by atoms with Crippen LogP contribution in [0.2, 0.25) is 0 Å². The maximum absolute atomic E-state index is 11.7. The molecule has 84 valence electrons. The first-order valence-corrected chi connectivity index (χ1v) is 7.35. The molecule has 15 heavy (non-hydrogen) atoms. The highest BCUT2D eigenvalue weighted by Crippen LogP contribution is 2.14. The molecule has 1 N–H and O–H groups in total. The van der Waals surface area contributed by atoms with Crippen molar-refractivity contribution in [1.29, 1.82) is 0 Å². The third-order valence-corrected chi connectivity index (χ3v) is 3.69. The van der Waals surface area contributed by atoms with Crippen LogP contribution in [0.1, 0.15) is 6.92 Å². The highest BCUT2D eigenvalue weighted by atomic mass is 79.9. The fourth-order valence-electron chi connectivity index (χ4n) is 0.847. The highest BCUT2D eigenvalue weighted by Gasteiger charge is 2.14. The summed E-state index contributed by atoms with van der Waals surface area (Å²) in [5, 5.41) is 0. The van der Waals surface area contributed by atoms with E-state index in [9.17, 15) is 8.42 Å². The van der Waals surface area contributed by atoms with Gasteiger partial charge in [0.05, 0.1) is 0 Å². The quantitative estimate of drug-likeness (QED) is 0.837. The Morgan fingerprint density at radius 2 is 2.20 bits per heavy atom. The molecule has 1 unspecified atom stereocenters. The number of nitrogens with one attached hydrogen (secondary N) is 1. The molecule has 0 bridgehead atoms. The first-order valence-electron chi connectivity index (χ1n) is 4.16. The van der Waals surface area contributed by atoms with Crippen LogP contribution in [0.15, 0.2) is 27.8 Å². The van der Waals surface area contributed by atoms with E-state index in [-0.39, 0.29) is 9.72 Å². The van der Waals surface area contributed by atoms with Gasteiger partial charge in [0.2, 0.25) is 10.0 Å². The van der Waals surface area contributed by atoms with Gasteiger partial charge >= 0.3 is 0 Å². The van der Waals surface area contributed by atoms with Crippen molar-refractivity contribution in [2.24, 2.45) is 0 Å². The largest absolute Gasteiger partial charge is 0.262 e. The van der Waals surface area contributed by atoms with Gasteiger partial charge in [-0.25, -0.2) is 13.1 Å². The Bertz CT molecular complexity index is 434. The number of hydrogen-bond acceptors (Lipinski definition) is 3. The van der Waals surface area contributed by atoms with Crippen molar-refractivity contribution in [2.75, 3.05) is 6.54 Å². The van der Waals surface area contributed by atoms with Crippen molar-refractivity contribution >= 4 is 41.9 Å². The van der Waals surface area contributed by atoms with Crippen molar-refractivity contribution < 1.29 is 8.42 Å². The number of sulfonamides is 1. The summed E-state index contributed by atoms with van der Waals surface area (Å²) in [4.78, 5) is 4.05. The summed E-state index contributed by atoms with van der Waals surface area (Å²) in [6, 6.07) is 1.51. The number of rotatable bonds is 4. The molecule has 1 heterocycles. The third kappa shape index (κ3) is 4.18. The number of nitrogens with zero attached hydrogens (tertiary/aromatic N) is 1. The number of pyridine rings is 1. The Labute approximate surface area is 106 Å². The second-order valence-electron chi connectivity index (χ2n) is 2.97. The maximum atomic E-state index is 11.7. The summed E-state index contributed by atoms with van der Waals surface area (Å²) in [5.41, 5.74) is 0. The lowest BCUT2D eigenvalue weighted by atomic mass is 10.5. The molecule has 1 aromatic rings. The second kappa shape index (κ2) is 5.38. The fourth-order valence-corrected chi connectivity index (χ4v) is 2.86. The van der Waals surface area contributed by atoms with Crippen LogP contribution in [0.4, 0.5) is 0 Å². The lowest BCUT2D eigenvalue weighted by molar-refractivity contribution is 0.581. The summed E-state index contributed by atoms with van der Waals surface area (Å²) in [6.07, 6.45) is 2.85. The Kier molecular flexibility index (Phi) is 4.69. The van der Waals surface area contributed by atoms with Crippen molar-refractivity contribution in [3.05, 3.63) is 22.9 Å². The van der Waals surface area contributed by atoms with E-state index in [2.05, 4.69) is 41.6 Å². The number of hydrogen-bond donors (Lipinski definition) is 1. The minimum atomic E-state index is -3.45. The zero-order valence-corrected chi connectivity index (χ0v) is 11.9. The molecule has 1 rings (SSSR count). The van der Waals surface area contributed by atoms with E-state index >= 15 is 0 Å². The van der Waals surface area contributed by atoms with Gasteiger partial charge in [0.25, 0.3) is 0 Å². The van der Waals surface area contributed by atoms with E-state index in [1.807, 2.05) is 6.92 Å². The SMILES string of the molecule is CC(Br)CNS(=O)(=O)c1cncc(Br)c1. The molecule has 4 nitrogen and oxygen atoms in total. The van der Waals surface area contributed by atoms with Gasteiger partial charge in [0.1, 0.15) is 4.90 Å². The molecule has 0 aliphatic carbocycles. The number of aromatic nitrogens is 1. The number of halogens is 2. The van der Waals surface area contributed by atoms with Crippen LogP contribution in [0.5, 0.6) is 0 Å². The van der Waals surface area contributed by atoms with Crippen molar-refractivity contribution in [3.63, 3.8) is 0 Å². The molecular formula is C8H10Br2N2O2S. The zero-order valence-electron chi connectivity index (χ0n) is 7.94. The second-order valence-corrected chi connectivity index (χ2v) is 7.22. The minimum absolute atomic E-state index is 0.0902. The molecule has 0 aromatic carbocycles. The van der Waals surface area contributed by atoms with Gasteiger partial charge in [-0.3, -0.25) is 4.98 Å². The summed E-state index contributed by atoms with van der Waals surface area (Å²) in [7, 11) is -3.45. The average Bonchev–Trinajstić information content (AvgIpc) is 2.15. The summed E-state index contributed by atoms with van der Waals surface area (Å²) in [6.45, 7) is 2.20. The van der Waals surface area contributed by atoms with Gasteiger partial charge in [-0.05, 0) is 22.0 Å². The predicted octanol–water partition coefficient (Wildman–Crippen LogP) is 1.91. The first-order chi connectivity index (χ1) is 6.92. The van der Waals surface area contributed by atoms with Gasteiger partial charge in [-0.2, -0.15) is 0 Å². The topological polar surface area (TPSA) is 59.1 Å². The van der Waals surface area contributed by atoms with Crippen LogP contribution < -0.4 is 4.72 Å². The van der Waals surface area contributed by atoms with Gasteiger partial charge in [-0.1, -0.05) is 22.9 Å². The maximum Gasteiger partial charge on any atom is 0.242 e. The van der Waals surface area contributed by atoms with E-state index in [0.717, 1.165) is 0 Å². The smallest absolute Gasteiger partial charge is 0.242 e. The first kappa shape index (κ1) is 13.1. The van der Waals surface area contributed by atoms with Gasteiger partial charge in [-0.15, -0.1) is 0 Å². The van der Waals surface area contributed by atoms with E-state index in [1.54, 1.807) is 0 Å². The zero-order chi connectivity index (χ0) is 11.5. The molecule has 0 saturated heterocycles. The standard InChI is InChI=1S/C8H10Br2N2O2S/c1-6(9)3-12-15(13,14)8-2-7(10)4-11-5-8/h2,4-6,12H,3H2,1H3. The van der Waals surface area contributed by atoms with E-state index < -0.39 is 10.0 Å². The fraction of sp³-hybridized carbons (Fsp3) is 0.375. The normalized spacial score (nSPS) is 13.8. The molecule has 1 atom stereocenters. The summed E-state index contributed by atoms with van der Waals surface area (Å²) in [5.74, 6) is 0. The van der Waals surface area contributed by atoms with Crippen LogP contribution in [-0.4, -0.2) is 24.8 Å². The van der Waals surface area contributed by atoms with Crippen LogP contribution in [-0.2, 0) is 10.0 Å². The Hall–Kier alpha value is 0.0200. The minimum Gasteiger partial charge on any atom is -0.262 e. The van der Waals surface area contributed by atoms with Crippen LogP contribution >= 0.6 is 31.9 Å². The van der Waals surface area contributed by atoms with E-state index in [4.69, 9.17) is 0 Å². The Morgan fingerprint density at radius 3 is 2.73 bits per heavy atom. The number of alkyl halides is 1. The van der Waals surface area contributed by atoms with E-state index in [0.29, 0.717) is 11.0 Å². The molecule has 0 spiro atoms. The van der Waals surface area contributed by atoms with Crippen LogP contribution in [0, 0.1) is 0 Å². The predicted molar refractivity (Wildman–Crippen MR) is 65.5 cm³/mol. The van der Waals surface area contributed by atoms with Crippen LogP contribution in [0.3, 0.4) is 0 Å². The molecule has 1 aromatic heterocycles. The van der Waals surface area contributed by atoms with Gasteiger partial charge in [0, 0.05) is 28.2 Å². The van der Waals surface area contributed by atoms with Gasteiger partial charge < -0.3 is 0 Å². The van der Waals surface area contributed by atoms with Crippen molar-refractivity contribution in [2.45, 2.75) is 16.6 Å². The summed E-state index contributed by atoms with van der Waals surface area (Å²) >= 11 is 6.43. The van der Waals surface area contributed by atoms with Crippen molar-refractivity contribution in [3.8, 4) is 0 Å². The molecule has 0 radical (unpaired) electrons. The molecule has 0 saturated carbocycles. The molecule has 0 aliphatic heterocycles. The lowest BCUT2D eigenvalue weighted by Crippen LogP contribution is -2.28. The van der Waals surface area contributed by atoms with E-state index in [1.165, 1.54) is 18.5 Å². The summed E-state index contributed by atoms with van der Waals surface area (Å²) < 4.78 is 26.5. The molecule has 7 heteroatoms. The Balaban J connectivity index is 2.87. The molecular weight excluding hydrogens is 348 g/mol. The monoisotopic (exact) mass is 356 g/mol. The molecule has 0 aliphatic rings. The average molecular weight is 358 g/mol. The van der Waals surface area contributed by atoms with Crippen molar-refractivity contribution in [1.82, 2.24) is 9.71 Å². The highest BCUT2D eigenvalue weighted by molar-refractivity contribution is 9.10. The third-order valence-electron chi connectivity index (χ3n) is 1.54. The molecule has 0 amide bonds. The van der Waals surface area contributed by atoms with Gasteiger partial charge in [0.15, 0.2) is 0 Å². The van der Waals surface area contributed by atoms with Crippen LogP contribution in [0.25, 0.3) is 0 Å².